The van der Waals surface area contributed by atoms with Crippen LogP contribution in [0.25, 0.3) is 0 Å². The lowest BCUT2D eigenvalue weighted by molar-refractivity contribution is -0.565. The number of ether oxygens (including phenoxy) is 1. The smallest absolute Gasteiger partial charge is 0.338 e. The number of hydrogen-bond donors (Lipinski definition) is 0. The van der Waals surface area contributed by atoms with Gasteiger partial charge in [-0.3, -0.25) is 10.1 Å². The van der Waals surface area contributed by atoms with Crippen LogP contribution in [0.15, 0.2) is 42.1 Å². The van der Waals surface area contributed by atoms with E-state index in [9.17, 15) is 10.1 Å². The van der Waals surface area contributed by atoms with Gasteiger partial charge in [-0.2, -0.15) is 0 Å². The summed E-state index contributed by atoms with van der Waals surface area (Å²) in [6, 6.07) is 6.66. The molecule has 1 saturated heterocycles. The Labute approximate surface area is 119 Å². The summed E-state index contributed by atoms with van der Waals surface area (Å²) in [4.78, 5) is 16.4. The minimum Gasteiger partial charge on any atom is -0.355 e. The zero-order valence-corrected chi connectivity index (χ0v) is 11.1. The van der Waals surface area contributed by atoms with Gasteiger partial charge in [0.1, 0.15) is 0 Å². The van der Waals surface area contributed by atoms with Gasteiger partial charge in [0, 0.05) is 15.5 Å². The van der Waals surface area contributed by atoms with Crippen LogP contribution in [-0.2, 0) is 9.57 Å². The molecule has 2 aliphatic heterocycles. The summed E-state index contributed by atoms with van der Waals surface area (Å²) in [6.07, 6.45) is 0.495. The first-order valence-electron chi connectivity index (χ1n) is 5.99. The molecule has 1 aromatic carbocycles. The van der Waals surface area contributed by atoms with Crippen molar-refractivity contribution in [2.45, 2.75) is 11.8 Å². The van der Waals surface area contributed by atoms with Crippen LogP contribution in [0.5, 0.6) is 0 Å². The van der Waals surface area contributed by atoms with Crippen LogP contribution in [-0.4, -0.2) is 29.1 Å². The Hall–Kier alpha value is -1.92. The fourth-order valence-electron chi connectivity index (χ4n) is 2.64. The van der Waals surface area contributed by atoms with Gasteiger partial charge in [-0.15, -0.1) is 6.58 Å². The Kier molecular flexibility index (Phi) is 2.99. The molecule has 0 aliphatic carbocycles. The Morgan fingerprint density at radius 3 is 2.80 bits per heavy atom. The average molecular weight is 295 g/mol. The van der Waals surface area contributed by atoms with Crippen molar-refractivity contribution in [1.29, 1.82) is 0 Å². The lowest BCUT2D eigenvalue weighted by Gasteiger charge is -2.22. The predicted octanol–water partition coefficient (Wildman–Crippen LogP) is 2.25. The summed E-state index contributed by atoms with van der Waals surface area (Å²) in [6.45, 7) is 3.84. The number of fused-ring (bicyclic) bond motifs is 1. The van der Waals surface area contributed by atoms with E-state index in [0.717, 1.165) is 0 Å². The lowest BCUT2D eigenvalue weighted by Crippen LogP contribution is -2.54. The molecule has 3 rings (SSSR count). The number of benzene rings is 1. The first-order valence-corrected chi connectivity index (χ1v) is 6.37. The molecule has 20 heavy (non-hydrogen) atoms. The van der Waals surface area contributed by atoms with Crippen molar-refractivity contribution in [3.63, 3.8) is 0 Å². The molecular formula is C13H11ClN2O4. The van der Waals surface area contributed by atoms with Crippen molar-refractivity contribution in [3.05, 3.63) is 57.6 Å². The highest BCUT2D eigenvalue weighted by atomic mass is 35.5. The summed E-state index contributed by atoms with van der Waals surface area (Å²) in [5.74, 6) is -0.501. The van der Waals surface area contributed by atoms with Crippen LogP contribution in [0.2, 0.25) is 5.02 Å². The number of halogens is 1. The molecule has 2 heterocycles. The van der Waals surface area contributed by atoms with Gasteiger partial charge in [-0.1, -0.05) is 35.0 Å². The van der Waals surface area contributed by atoms with Crippen LogP contribution >= 0.6 is 11.6 Å². The predicted molar refractivity (Wildman–Crippen MR) is 72.2 cm³/mol. The second kappa shape index (κ2) is 4.57. The highest BCUT2D eigenvalue weighted by Crippen LogP contribution is 2.43. The van der Waals surface area contributed by atoms with Gasteiger partial charge in [-0.25, -0.2) is 0 Å². The van der Waals surface area contributed by atoms with Crippen molar-refractivity contribution < 1.29 is 14.5 Å². The lowest BCUT2D eigenvalue weighted by atomic mass is 9.79. The molecule has 3 atom stereocenters. The second-order valence-corrected chi connectivity index (χ2v) is 5.08. The summed E-state index contributed by atoms with van der Waals surface area (Å²) in [7, 11) is 0. The van der Waals surface area contributed by atoms with Gasteiger partial charge in [-0.05, 0) is 12.1 Å². The first-order chi connectivity index (χ1) is 9.60. The molecule has 2 aliphatic rings. The van der Waals surface area contributed by atoms with E-state index < -0.39 is 22.7 Å². The zero-order valence-electron chi connectivity index (χ0n) is 10.4. The van der Waals surface area contributed by atoms with Gasteiger partial charge < -0.3 is 9.57 Å². The van der Waals surface area contributed by atoms with Crippen molar-refractivity contribution in [3.8, 4) is 0 Å². The third-order valence-corrected chi connectivity index (χ3v) is 3.93. The Morgan fingerprint density at radius 2 is 2.20 bits per heavy atom. The first kappa shape index (κ1) is 13.1. The van der Waals surface area contributed by atoms with E-state index >= 15 is 0 Å². The molecular weight excluding hydrogens is 284 g/mol. The van der Waals surface area contributed by atoms with Crippen molar-refractivity contribution in [1.82, 2.24) is 0 Å². The van der Waals surface area contributed by atoms with Gasteiger partial charge in [0.15, 0.2) is 5.71 Å². The maximum atomic E-state index is 11.7. The van der Waals surface area contributed by atoms with Crippen molar-refractivity contribution in [2.75, 3.05) is 6.61 Å². The molecule has 0 amide bonds. The minimum absolute atomic E-state index is 0.182. The molecule has 1 fully saturated rings. The monoisotopic (exact) mass is 294 g/mol. The van der Waals surface area contributed by atoms with E-state index in [1.165, 1.54) is 6.08 Å². The number of rotatable bonds is 3. The third-order valence-electron chi connectivity index (χ3n) is 3.68. The van der Waals surface area contributed by atoms with E-state index in [1.807, 2.05) is 0 Å². The molecule has 6 nitrogen and oxygen atoms in total. The van der Waals surface area contributed by atoms with Crippen LogP contribution in [0.4, 0.5) is 0 Å². The van der Waals surface area contributed by atoms with Crippen LogP contribution < -0.4 is 0 Å². The Bertz CT molecular complexity index is 601. The molecule has 104 valence electrons. The fourth-order valence-corrected chi connectivity index (χ4v) is 2.76. The van der Waals surface area contributed by atoms with E-state index in [0.29, 0.717) is 10.6 Å². The standard InChI is InChI=1S/C13H11ClN2O4/c1-2-9-7-19-12-13(9,16(17)18)11(15-20-12)8-3-5-10(14)6-4-8/h2-6,9,12H,1,7H2/t9-,12-,13-/m1/s1. The van der Waals surface area contributed by atoms with E-state index in [2.05, 4.69) is 11.7 Å². The molecule has 1 aromatic rings. The highest BCUT2D eigenvalue weighted by Gasteiger charge is 2.70. The number of oxime groups is 1. The summed E-state index contributed by atoms with van der Waals surface area (Å²) >= 11 is 5.84. The van der Waals surface area contributed by atoms with Gasteiger partial charge in [0.25, 0.3) is 0 Å². The van der Waals surface area contributed by atoms with E-state index in [-0.39, 0.29) is 12.3 Å². The fraction of sp³-hybridized carbons (Fsp3) is 0.308. The summed E-state index contributed by atoms with van der Waals surface area (Å²) in [5.41, 5.74) is -0.715. The molecule has 0 radical (unpaired) electrons. The number of nitrogens with zero attached hydrogens (tertiary/aromatic N) is 2. The maximum Gasteiger partial charge on any atom is 0.338 e. The normalized spacial score (nSPS) is 31.4. The topological polar surface area (TPSA) is 74.0 Å². The highest BCUT2D eigenvalue weighted by molar-refractivity contribution is 6.30. The van der Waals surface area contributed by atoms with Crippen molar-refractivity contribution >= 4 is 17.3 Å². The largest absolute Gasteiger partial charge is 0.355 e. The Morgan fingerprint density at radius 1 is 1.50 bits per heavy atom. The van der Waals surface area contributed by atoms with Crippen LogP contribution in [0, 0.1) is 16.0 Å². The van der Waals surface area contributed by atoms with Gasteiger partial charge >= 0.3 is 11.8 Å². The summed E-state index contributed by atoms with van der Waals surface area (Å²) in [5, 5.41) is 16.1. The number of nitro groups is 1. The second-order valence-electron chi connectivity index (χ2n) is 4.64. The molecule has 0 bridgehead atoms. The van der Waals surface area contributed by atoms with E-state index in [4.69, 9.17) is 21.2 Å². The molecule has 0 spiro atoms. The molecule has 0 saturated carbocycles. The molecule has 0 aromatic heterocycles. The summed E-state index contributed by atoms with van der Waals surface area (Å²) < 4.78 is 5.34. The molecule has 0 N–H and O–H groups in total. The molecule has 0 unspecified atom stereocenters. The van der Waals surface area contributed by atoms with Gasteiger partial charge in [0.2, 0.25) is 0 Å². The van der Waals surface area contributed by atoms with Crippen LogP contribution in [0.1, 0.15) is 5.56 Å². The SMILES string of the molecule is C=C[C@@H]1CO[C@@H]2ON=C(c3ccc(Cl)cc3)[C@@]21[N+](=O)[O-]. The third kappa shape index (κ3) is 1.58. The van der Waals surface area contributed by atoms with Gasteiger partial charge in [0.05, 0.1) is 12.5 Å². The quantitative estimate of drug-likeness (QED) is 0.487. The Balaban J connectivity index is 2.12. The zero-order chi connectivity index (χ0) is 14.3. The van der Waals surface area contributed by atoms with Crippen molar-refractivity contribution in [2.24, 2.45) is 11.1 Å². The minimum atomic E-state index is -1.55. The number of hydrogen-bond acceptors (Lipinski definition) is 5. The average Bonchev–Trinajstić information content (AvgIpc) is 2.97. The molecule has 7 heteroatoms. The maximum absolute atomic E-state index is 11.7. The van der Waals surface area contributed by atoms with Crippen LogP contribution in [0.3, 0.4) is 0 Å². The van der Waals surface area contributed by atoms with E-state index in [1.54, 1.807) is 24.3 Å².